The fourth-order valence-electron chi connectivity index (χ4n) is 3.12. The minimum Gasteiger partial charge on any atom is -0.0911 e. The molecule has 0 N–H and O–H groups in total. The molecule has 1 aliphatic carbocycles. The minimum absolute atomic E-state index is 0.487. The van der Waals surface area contributed by atoms with Gasteiger partial charge in [-0.2, -0.15) is 0 Å². The van der Waals surface area contributed by atoms with E-state index < -0.39 is 0 Å². The van der Waals surface area contributed by atoms with Crippen LogP contribution >= 0.6 is 0 Å². The lowest BCUT2D eigenvalue weighted by molar-refractivity contribution is 0.139. The van der Waals surface area contributed by atoms with Crippen LogP contribution in [0.3, 0.4) is 0 Å². The molecule has 1 aliphatic rings. The molecule has 0 saturated heterocycles. The smallest absolute Gasteiger partial charge is 0.0144 e. The lowest BCUT2D eigenvalue weighted by Crippen LogP contribution is -2.29. The molecule has 88 valence electrons. The van der Waals surface area contributed by atoms with Gasteiger partial charge in [-0.15, -0.1) is 0 Å². The maximum absolute atomic E-state index is 2.44. The Hall–Kier alpha value is -0.260. The van der Waals surface area contributed by atoms with Gasteiger partial charge in [-0.1, -0.05) is 52.7 Å². The fourth-order valence-corrected chi connectivity index (χ4v) is 3.12. The van der Waals surface area contributed by atoms with E-state index in [-0.39, 0.29) is 0 Å². The summed E-state index contributed by atoms with van der Waals surface area (Å²) in [5.41, 5.74) is 0.487. The van der Waals surface area contributed by atoms with Crippen LogP contribution < -0.4 is 0 Å². The molecule has 1 unspecified atom stereocenters. The van der Waals surface area contributed by atoms with Crippen molar-refractivity contribution in [1.82, 2.24) is 0 Å². The maximum Gasteiger partial charge on any atom is -0.0144 e. The summed E-state index contributed by atoms with van der Waals surface area (Å²) in [7, 11) is 0. The van der Waals surface area contributed by atoms with E-state index in [0.29, 0.717) is 5.41 Å². The van der Waals surface area contributed by atoms with Crippen LogP contribution in [0.25, 0.3) is 0 Å². The van der Waals surface area contributed by atoms with Gasteiger partial charge in [0.15, 0.2) is 0 Å². The summed E-state index contributed by atoms with van der Waals surface area (Å²) in [4.78, 5) is 0. The van der Waals surface area contributed by atoms with Crippen molar-refractivity contribution in [2.45, 2.75) is 60.3 Å². The van der Waals surface area contributed by atoms with Gasteiger partial charge in [0.1, 0.15) is 0 Å². The first-order valence-corrected chi connectivity index (χ1v) is 6.62. The molecule has 1 rings (SSSR count). The normalized spacial score (nSPS) is 34.9. The Morgan fingerprint density at radius 1 is 1.27 bits per heavy atom. The van der Waals surface area contributed by atoms with Crippen molar-refractivity contribution in [2.24, 2.45) is 23.2 Å². The Morgan fingerprint density at radius 3 is 2.47 bits per heavy atom. The molecule has 0 aromatic rings. The molecule has 1 saturated carbocycles. The van der Waals surface area contributed by atoms with Gasteiger partial charge in [-0.05, 0) is 42.9 Å². The fraction of sp³-hybridized carbons (Fsp3) is 0.867. The van der Waals surface area contributed by atoms with E-state index in [4.69, 9.17) is 0 Å². The van der Waals surface area contributed by atoms with Gasteiger partial charge in [0.2, 0.25) is 0 Å². The van der Waals surface area contributed by atoms with Crippen LogP contribution in [0.4, 0.5) is 0 Å². The third-order valence-electron chi connectivity index (χ3n) is 4.42. The standard InChI is InChI=1S/C15H28/c1-6-9-15(5)10-7-8-14(11-15)13(4)12(2)3/h6,9,12-14H,7-8,10-11H2,1-5H3/b9-6+/t13-,14+,15?/m1/s1. The second-order valence-corrected chi connectivity index (χ2v) is 6.11. The van der Waals surface area contributed by atoms with E-state index in [1.165, 1.54) is 25.7 Å². The van der Waals surface area contributed by atoms with Crippen LogP contribution in [0, 0.1) is 23.2 Å². The molecule has 1 fully saturated rings. The molecule has 0 bridgehead atoms. The van der Waals surface area contributed by atoms with E-state index in [1.807, 2.05) is 0 Å². The summed E-state index contributed by atoms with van der Waals surface area (Å²) in [6.07, 6.45) is 10.3. The lowest BCUT2D eigenvalue weighted by atomic mass is 9.65. The molecule has 0 heterocycles. The van der Waals surface area contributed by atoms with E-state index >= 15 is 0 Å². The van der Waals surface area contributed by atoms with Crippen LogP contribution in [-0.4, -0.2) is 0 Å². The number of allylic oxidation sites excluding steroid dienone is 2. The summed E-state index contributed by atoms with van der Waals surface area (Å²) in [5.74, 6) is 2.66. The minimum atomic E-state index is 0.487. The summed E-state index contributed by atoms with van der Waals surface area (Å²) in [5, 5.41) is 0. The first-order valence-electron chi connectivity index (χ1n) is 6.62. The van der Waals surface area contributed by atoms with Gasteiger partial charge in [0, 0.05) is 0 Å². The zero-order valence-corrected chi connectivity index (χ0v) is 11.2. The quantitative estimate of drug-likeness (QED) is 0.569. The SMILES string of the molecule is C/C=C/C1(C)CCC[C@H]([C@H](C)C(C)C)C1. The van der Waals surface area contributed by atoms with Crippen molar-refractivity contribution in [3.05, 3.63) is 12.2 Å². The van der Waals surface area contributed by atoms with Gasteiger partial charge in [-0.25, -0.2) is 0 Å². The molecular weight excluding hydrogens is 180 g/mol. The first-order chi connectivity index (χ1) is 6.98. The first kappa shape index (κ1) is 12.8. The number of hydrogen-bond donors (Lipinski definition) is 0. The Balaban J connectivity index is 2.63. The van der Waals surface area contributed by atoms with Crippen molar-refractivity contribution in [1.29, 1.82) is 0 Å². The average molecular weight is 208 g/mol. The highest BCUT2D eigenvalue weighted by molar-refractivity contribution is 4.99. The van der Waals surface area contributed by atoms with Crippen molar-refractivity contribution < 1.29 is 0 Å². The largest absolute Gasteiger partial charge is 0.0911 e. The molecule has 0 radical (unpaired) electrons. The lowest BCUT2D eigenvalue weighted by Gasteiger charge is -2.40. The van der Waals surface area contributed by atoms with Crippen LogP contribution in [0.5, 0.6) is 0 Å². The summed E-state index contributed by atoms with van der Waals surface area (Å²) in [6, 6.07) is 0. The van der Waals surface area contributed by atoms with Crippen LogP contribution in [0.1, 0.15) is 60.3 Å². The number of hydrogen-bond acceptors (Lipinski definition) is 0. The highest BCUT2D eigenvalue weighted by atomic mass is 14.4. The second-order valence-electron chi connectivity index (χ2n) is 6.11. The highest BCUT2D eigenvalue weighted by Crippen LogP contribution is 2.44. The van der Waals surface area contributed by atoms with E-state index in [1.54, 1.807) is 0 Å². The highest BCUT2D eigenvalue weighted by Gasteiger charge is 2.33. The molecule has 3 atom stereocenters. The van der Waals surface area contributed by atoms with Gasteiger partial charge >= 0.3 is 0 Å². The summed E-state index contributed by atoms with van der Waals surface area (Å²) >= 11 is 0. The monoisotopic (exact) mass is 208 g/mol. The zero-order valence-electron chi connectivity index (χ0n) is 11.2. The van der Waals surface area contributed by atoms with Gasteiger partial charge < -0.3 is 0 Å². The van der Waals surface area contributed by atoms with E-state index in [0.717, 1.165) is 17.8 Å². The molecular formula is C15H28. The molecule has 0 nitrogen and oxygen atoms in total. The number of rotatable bonds is 3. The Kier molecular flexibility index (Phi) is 4.43. The molecule has 0 aromatic heterocycles. The average Bonchev–Trinajstić information content (AvgIpc) is 2.16. The predicted octanol–water partition coefficient (Wildman–Crippen LogP) is 5.05. The Morgan fingerprint density at radius 2 is 1.93 bits per heavy atom. The van der Waals surface area contributed by atoms with Gasteiger partial charge in [0.25, 0.3) is 0 Å². The second kappa shape index (κ2) is 5.18. The summed E-state index contributed by atoms with van der Waals surface area (Å²) in [6.45, 7) is 11.8. The van der Waals surface area contributed by atoms with Crippen molar-refractivity contribution >= 4 is 0 Å². The van der Waals surface area contributed by atoms with Crippen LogP contribution in [0.2, 0.25) is 0 Å². The topological polar surface area (TPSA) is 0 Å². The third kappa shape index (κ3) is 3.36. The molecule has 15 heavy (non-hydrogen) atoms. The molecule has 0 aromatic carbocycles. The molecule has 0 heteroatoms. The Bertz CT molecular complexity index is 214. The van der Waals surface area contributed by atoms with Crippen LogP contribution in [0.15, 0.2) is 12.2 Å². The molecule has 0 aliphatic heterocycles. The third-order valence-corrected chi connectivity index (χ3v) is 4.42. The summed E-state index contributed by atoms with van der Waals surface area (Å²) < 4.78 is 0. The maximum atomic E-state index is 2.44. The van der Waals surface area contributed by atoms with Gasteiger partial charge in [-0.3, -0.25) is 0 Å². The molecule has 0 amide bonds. The van der Waals surface area contributed by atoms with Crippen molar-refractivity contribution in [3.63, 3.8) is 0 Å². The van der Waals surface area contributed by atoms with Gasteiger partial charge in [0.05, 0.1) is 0 Å². The van der Waals surface area contributed by atoms with E-state index in [9.17, 15) is 0 Å². The Labute approximate surface area is 96.2 Å². The van der Waals surface area contributed by atoms with Crippen LogP contribution in [-0.2, 0) is 0 Å². The zero-order chi connectivity index (χ0) is 11.5. The predicted molar refractivity (Wildman–Crippen MR) is 68.9 cm³/mol. The van der Waals surface area contributed by atoms with E-state index in [2.05, 4.69) is 46.8 Å². The molecule has 0 spiro atoms. The van der Waals surface area contributed by atoms with Crippen molar-refractivity contribution in [2.75, 3.05) is 0 Å². The van der Waals surface area contributed by atoms with Crippen molar-refractivity contribution in [3.8, 4) is 0 Å².